The van der Waals surface area contributed by atoms with Gasteiger partial charge in [0.05, 0.1) is 33.7 Å². The van der Waals surface area contributed by atoms with Gasteiger partial charge in [0.1, 0.15) is 12.4 Å². The molecule has 4 aromatic rings. The fraction of sp³-hybridized carbons (Fsp3) is 0.333. The number of carbonyl (C=O) groups excluding carboxylic acids is 3. The number of ketones is 2. The van der Waals surface area contributed by atoms with Crippen LogP contribution in [0.25, 0.3) is 5.52 Å². The van der Waals surface area contributed by atoms with Crippen molar-refractivity contribution < 1.29 is 19.1 Å². The first-order valence-corrected chi connectivity index (χ1v) is 13.8. The molecule has 0 saturated carbocycles. The van der Waals surface area contributed by atoms with E-state index in [1.165, 1.54) is 0 Å². The average Bonchev–Trinajstić information content (AvgIpc) is 3.41. The molecule has 1 aromatic carbocycles. The number of benzene rings is 1. The van der Waals surface area contributed by atoms with Gasteiger partial charge in [0.25, 0.3) is 0 Å². The van der Waals surface area contributed by atoms with Crippen LogP contribution >= 0.6 is 22.9 Å². The van der Waals surface area contributed by atoms with Crippen LogP contribution < -0.4 is 10.5 Å². The number of ether oxygens (including phenoxy) is 1. The molecule has 0 aliphatic carbocycles. The first kappa shape index (κ1) is 28.5. The van der Waals surface area contributed by atoms with Crippen molar-refractivity contribution in [2.75, 3.05) is 0 Å². The Morgan fingerprint density at radius 2 is 1.72 bits per heavy atom. The molecule has 0 spiro atoms. The van der Waals surface area contributed by atoms with E-state index in [1.54, 1.807) is 72.2 Å². The number of nitrogens with zero attached hydrogens (tertiary/aromatic N) is 2. The Bertz CT molecular complexity index is 1580. The molecular weight excluding hydrogens is 534 g/mol. The van der Waals surface area contributed by atoms with Gasteiger partial charge < -0.3 is 14.9 Å². The van der Waals surface area contributed by atoms with Crippen LogP contribution in [0.1, 0.15) is 77.3 Å². The summed E-state index contributed by atoms with van der Waals surface area (Å²) in [5.41, 5.74) is 6.87. The lowest BCUT2D eigenvalue weighted by Crippen LogP contribution is -2.34. The van der Waals surface area contributed by atoms with Gasteiger partial charge in [-0.15, -0.1) is 11.3 Å². The summed E-state index contributed by atoms with van der Waals surface area (Å²) in [7, 11) is 0. The molecule has 4 rings (SSSR count). The molecule has 3 aromatic heterocycles. The molecule has 0 saturated heterocycles. The van der Waals surface area contributed by atoms with E-state index in [1.807, 2.05) is 33.1 Å². The molecule has 0 atom stereocenters. The van der Waals surface area contributed by atoms with Gasteiger partial charge in [0, 0.05) is 26.8 Å². The molecule has 3 heterocycles. The smallest absolute Gasteiger partial charge is 0.223 e. The number of pyridine rings is 1. The maximum atomic E-state index is 14.0. The van der Waals surface area contributed by atoms with Gasteiger partial charge in [-0.1, -0.05) is 46.2 Å². The number of primary amides is 1. The standard InChI is InChI=1S/C30H32ClN3O4S/c1-17-33-20(16-39-17)15-38-21-11-12-23-24(26(35)18-7-9-19(31)10-8-18)22(13-30(5,6)28(32)37)25(34(23)14-21)27(36)29(2,3)4/h7-12,14,16H,13,15H2,1-6H3,(H2,32,37). The second-order valence-electron chi connectivity index (χ2n) is 11.3. The van der Waals surface area contributed by atoms with E-state index in [2.05, 4.69) is 4.98 Å². The highest BCUT2D eigenvalue weighted by atomic mass is 35.5. The molecular formula is C30H32ClN3O4S. The summed E-state index contributed by atoms with van der Waals surface area (Å²) in [6, 6.07) is 10.1. The van der Waals surface area contributed by atoms with E-state index in [0.29, 0.717) is 38.7 Å². The number of hydrogen-bond acceptors (Lipinski definition) is 6. The third-order valence-corrected chi connectivity index (χ3v) is 7.65. The predicted molar refractivity (Wildman–Crippen MR) is 154 cm³/mol. The summed E-state index contributed by atoms with van der Waals surface area (Å²) in [4.78, 5) is 44.8. The van der Waals surface area contributed by atoms with Crippen molar-refractivity contribution >= 4 is 45.9 Å². The molecule has 0 aliphatic heterocycles. The highest BCUT2D eigenvalue weighted by Gasteiger charge is 2.37. The third-order valence-electron chi connectivity index (χ3n) is 6.57. The molecule has 0 aliphatic rings. The Balaban J connectivity index is 1.96. The predicted octanol–water partition coefficient (Wildman–Crippen LogP) is 6.45. The van der Waals surface area contributed by atoms with Crippen molar-refractivity contribution in [1.82, 2.24) is 9.38 Å². The number of nitrogens with two attached hydrogens (primary N) is 1. The second-order valence-corrected chi connectivity index (χ2v) is 12.8. The maximum absolute atomic E-state index is 14.0. The average molecular weight is 566 g/mol. The van der Waals surface area contributed by atoms with Crippen LogP contribution in [0.15, 0.2) is 48.0 Å². The van der Waals surface area contributed by atoms with Crippen molar-refractivity contribution in [2.24, 2.45) is 16.6 Å². The first-order chi connectivity index (χ1) is 18.2. The number of thiazole rings is 1. The van der Waals surface area contributed by atoms with Gasteiger partial charge in [-0.05, 0) is 55.3 Å². The van der Waals surface area contributed by atoms with Crippen LogP contribution in [-0.2, 0) is 17.8 Å². The van der Waals surface area contributed by atoms with E-state index < -0.39 is 16.7 Å². The van der Waals surface area contributed by atoms with E-state index >= 15 is 0 Å². The SMILES string of the molecule is Cc1nc(COc2ccc3c(C(=O)c4ccc(Cl)cc4)c(CC(C)(C)C(N)=O)c(C(=O)C(C)(C)C)n3c2)cs1. The van der Waals surface area contributed by atoms with Crippen LogP contribution in [0, 0.1) is 17.8 Å². The minimum absolute atomic E-state index is 0.101. The fourth-order valence-electron chi connectivity index (χ4n) is 4.31. The normalized spacial score (nSPS) is 12.1. The molecule has 0 fully saturated rings. The van der Waals surface area contributed by atoms with Gasteiger partial charge in [0.2, 0.25) is 5.91 Å². The van der Waals surface area contributed by atoms with Crippen molar-refractivity contribution in [1.29, 1.82) is 0 Å². The number of halogens is 1. The third kappa shape index (κ3) is 5.92. The monoisotopic (exact) mass is 565 g/mol. The Kier molecular flexibility index (Phi) is 7.74. The Morgan fingerprint density at radius 1 is 1.05 bits per heavy atom. The van der Waals surface area contributed by atoms with Crippen LogP contribution in [0.3, 0.4) is 0 Å². The second kappa shape index (κ2) is 10.6. The van der Waals surface area contributed by atoms with Crippen molar-refractivity contribution in [3.63, 3.8) is 0 Å². The zero-order valence-electron chi connectivity index (χ0n) is 22.9. The molecule has 39 heavy (non-hydrogen) atoms. The summed E-state index contributed by atoms with van der Waals surface area (Å²) in [5, 5.41) is 3.38. The lowest BCUT2D eigenvalue weighted by Gasteiger charge is -2.23. The molecule has 7 nitrogen and oxygen atoms in total. The Hall–Kier alpha value is -3.49. The Morgan fingerprint density at radius 3 is 2.28 bits per heavy atom. The number of fused-ring (bicyclic) bond motifs is 1. The van der Waals surface area contributed by atoms with Crippen LogP contribution in [0.2, 0.25) is 5.02 Å². The maximum Gasteiger partial charge on any atom is 0.223 e. The molecule has 0 unspecified atom stereocenters. The van der Waals surface area contributed by atoms with E-state index in [9.17, 15) is 14.4 Å². The number of rotatable bonds is 9. The molecule has 2 N–H and O–H groups in total. The van der Waals surface area contributed by atoms with E-state index in [4.69, 9.17) is 22.1 Å². The topological polar surface area (TPSA) is 104 Å². The molecule has 1 amide bonds. The quantitative estimate of drug-likeness (QED) is 0.235. The van der Waals surface area contributed by atoms with Crippen molar-refractivity contribution in [2.45, 2.75) is 54.6 Å². The highest BCUT2D eigenvalue weighted by Crippen LogP contribution is 2.36. The summed E-state index contributed by atoms with van der Waals surface area (Å²) in [6.45, 7) is 11.1. The van der Waals surface area contributed by atoms with Gasteiger partial charge in [0.15, 0.2) is 11.6 Å². The van der Waals surface area contributed by atoms with E-state index in [-0.39, 0.29) is 24.6 Å². The van der Waals surface area contributed by atoms with Crippen LogP contribution in [0.5, 0.6) is 5.75 Å². The summed E-state index contributed by atoms with van der Waals surface area (Å²) < 4.78 is 7.73. The summed E-state index contributed by atoms with van der Waals surface area (Å²) in [5.74, 6) is -0.467. The lowest BCUT2D eigenvalue weighted by molar-refractivity contribution is -0.125. The van der Waals surface area contributed by atoms with Crippen molar-refractivity contribution in [3.8, 4) is 5.75 Å². The van der Waals surface area contributed by atoms with Gasteiger partial charge in [-0.25, -0.2) is 4.98 Å². The zero-order chi connectivity index (χ0) is 28.7. The molecule has 9 heteroatoms. The highest BCUT2D eigenvalue weighted by molar-refractivity contribution is 7.09. The first-order valence-electron chi connectivity index (χ1n) is 12.5. The number of Topliss-reactive ketones (excluding diaryl/α,β-unsaturated/α-hetero) is 1. The largest absolute Gasteiger partial charge is 0.486 e. The molecule has 0 radical (unpaired) electrons. The Labute approximate surface area is 237 Å². The van der Waals surface area contributed by atoms with Crippen LogP contribution in [0.4, 0.5) is 0 Å². The number of hydrogen-bond donors (Lipinski definition) is 1. The minimum Gasteiger partial charge on any atom is -0.486 e. The zero-order valence-corrected chi connectivity index (χ0v) is 24.5. The minimum atomic E-state index is -1.02. The number of carbonyl (C=O) groups is 3. The fourth-order valence-corrected chi connectivity index (χ4v) is 5.03. The molecule has 204 valence electrons. The lowest BCUT2D eigenvalue weighted by atomic mass is 9.80. The summed E-state index contributed by atoms with van der Waals surface area (Å²) >= 11 is 7.61. The van der Waals surface area contributed by atoms with E-state index in [0.717, 1.165) is 10.7 Å². The molecule has 0 bridgehead atoms. The van der Waals surface area contributed by atoms with Gasteiger partial charge in [-0.2, -0.15) is 0 Å². The number of aromatic nitrogens is 2. The van der Waals surface area contributed by atoms with Crippen molar-refractivity contribution in [3.05, 3.63) is 86.1 Å². The van der Waals surface area contributed by atoms with Gasteiger partial charge in [-0.3, -0.25) is 14.4 Å². The van der Waals surface area contributed by atoms with Crippen LogP contribution in [-0.4, -0.2) is 26.9 Å². The summed E-state index contributed by atoms with van der Waals surface area (Å²) in [6.07, 6.45) is 1.82. The number of amides is 1. The number of aryl methyl sites for hydroxylation is 1. The van der Waals surface area contributed by atoms with Gasteiger partial charge >= 0.3 is 0 Å².